The van der Waals surface area contributed by atoms with Gasteiger partial charge in [-0.05, 0) is 19.1 Å². The molecular formula is C11H14ClF3N2O2S. The lowest BCUT2D eigenvalue weighted by Gasteiger charge is -2.25. The SMILES string of the molecule is CC(CN)N(C)S(=O)(=O)c1c(Cl)cccc1C(F)(F)F. The van der Waals surface area contributed by atoms with Crippen LogP contribution in [0.2, 0.25) is 5.02 Å². The average molecular weight is 331 g/mol. The quantitative estimate of drug-likeness (QED) is 0.921. The summed E-state index contributed by atoms with van der Waals surface area (Å²) in [6.45, 7) is 1.46. The number of rotatable bonds is 4. The van der Waals surface area contributed by atoms with E-state index in [0.29, 0.717) is 6.07 Å². The van der Waals surface area contributed by atoms with Gasteiger partial charge < -0.3 is 5.73 Å². The van der Waals surface area contributed by atoms with Crippen molar-refractivity contribution in [3.8, 4) is 0 Å². The van der Waals surface area contributed by atoms with Crippen molar-refractivity contribution in [1.82, 2.24) is 4.31 Å². The van der Waals surface area contributed by atoms with Crippen molar-refractivity contribution in [2.45, 2.75) is 24.0 Å². The Morgan fingerprint density at radius 2 is 1.95 bits per heavy atom. The highest BCUT2D eigenvalue weighted by Crippen LogP contribution is 2.38. The number of hydrogen-bond donors (Lipinski definition) is 1. The van der Waals surface area contributed by atoms with Gasteiger partial charge in [-0.1, -0.05) is 17.7 Å². The number of halogens is 4. The normalized spacial score (nSPS) is 14.6. The molecule has 0 heterocycles. The third kappa shape index (κ3) is 3.25. The number of sulfonamides is 1. The fraction of sp³-hybridized carbons (Fsp3) is 0.455. The van der Waals surface area contributed by atoms with Crippen molar-refractivity contribution < 1.29 is 21.6 Å². The summed E-state index contributed by atoms with van der Waals surface area (Å²) >= 11 is 5.67. The van der Waals surface area contributed by atoms with E-state index in [2.05, 4.69) is 0 Å². The van der Waals surface area contributed by atoms with Crippen LogP contribution < -0.4 is 5.73 Å². The monoisotopic (exact) mass is 330 g/mol. The van der Waals surface area contributed by atoms with E-state index in [9.17, 15) is 21.6 Å². The molecule has 1 rings (SSSR count). The third-order valence-corrected chi connectivity index (χ3v) is 5.37. The summed E-state index contributed by atoms with van der Waals surface area (Å²) in [5, 5.41) is -0.476. The molecule has 0 spiro atoms. The molecule has 0 aliphatic carbocycles. The topological polar surface area (TPSA) is 63.4 Å². The maximum absolute atomic E-state index is 12.9. The van der Waals surface area contributed by atoms with Gasteiger partial charge in [-0.15, -0.1) is 0 Å². The molecule has 1 aromatic carbocycles. The van der Waals surface area contributed by atoms with E-state index in [1.807, 2.05) is 0 Å². The van der Waals surface area contributed by atoms with Crippen LogP contribution in [0.5, 0.6) is 0 Å². The van der Waals surface area contributed by atoms with Crippen LogP contribution in [0.15, 0.2) is 23.1 Å². The number of likely N-dealkylation sites (N-methyl/N-ethyl adjacent to an activating group) is 1. The predicted octanol–water partition coefficient (Wildman–Crippen LogP) is 2.33. The molecule has 9 heteroatoms. The first-order valence-electron chi connectivity index (χ1n) is 5.57. The van der Waals surface area contributed by atoms with E-state index < -0.39 is 37.7 Å². The number of benzene rings is 1. The Morgan fingerprint density at radius 3 is 2.40 bits per heavy atom. The minimum Gasteiger partial charge on any atom is -0.329 e. The highest BCUT2D eigenvalue weighted by Gasteiger charge is 2.40. The van der Waals surface area contributed by atoms with Crippen molar-refractivity contribution in [3.05, 3.63) is 28.8 Å². The fourth-order valence-corrected chi connectivity index (χ4v) is 3.61. The predicted molar refractivity (Wildman–Crippen MR) is 69.9 cm³/mol. The molecule has 1 aromatic rings. The molecule has 0 fully saturated rings. The molecule has 0 saturated heterocycles. The Hall–Kier alpha value is -0.830. The van der Waals surface area contributed by atoms with Gasteiger partial charge >= 0.3 is 6.18 Å². The molecule has 0 aromatic heterocycles. The van der Waals surface area contributed by atoms with Gasteiger partial charge in [0, 0.05) is 19.6 Å². The zero-order chi connectivity index (χ0) is 15.7. The summed E-state index contributed by atoms with van der Waals surface area (Å²) in [5.41, 5.74) is 4.06. The maximum Gasteiger partial charge on any atom is 0.417 e. The lowest BCUT2D eigenvalue weighted by Crippen LogP contribution is -2.40. The van der Waals surface area contributed by atoms with E-state index in [4.69, 9.17) is 17.3 Å². The van der Waals surface area contributed by atoms with Gasteiger partial charge in [-0.25, -0.2) is 8.42 Å². The van der Waals surface area contributed by atoms with Crippen molar-refractivity contribution in [3.63, 3.8) is 0 Å². The van der Waals surface area contributed by atoms with Crippen molar-refractivity contribution in [2.24, 2.45) is 5.73 Å². The molecule has 1 atom stereocenters. The summed E-state index contributed by atoms with van der Waals surface area (Å²) in [6, 6.07) is 2.18. The first kappa shape index (κ1) is 17.2. The van der Waals surface area contributed by atoms with Gasteiger partial charge in [0.2, 0.25) is 10.0 Å². The van der Waals surface area contributed by atoms with Crippen LogP contribution in [0.25, 0.3) is 0 Å². The fourth-order valence-electron chi connectivity index (χ4n) is 1.52. The van der Waals surface area contributed by atoms with Gasteiger partial charge in [-0.3, -0.25) is 0 Å². The van der Waals surface area contributed by atoms with Crippen molar-refractivity contribution in [2.75, 3.05) is 13.6 Å². The van der Waals surface area contributed by atoms with Crippen LogP contribution in [0.4, 0.5) is 13.2 Å². The molecule has 114 valence electrons. The van der Waals surface area contributed by atoms with Crippen molar-refractivity contribution >= 4 is 21.6 Å². The second kappa shape index (κ2) is 5.88. The molecular weight excluding hydrogens is 317 g/mol. The molecule has 0 aliphatic heterocycles. The molecule has 0 saturated carbocycles. The summed E-state index contributed by atoms with van der Waals surface area (Å²) < 4.78 is 64.2. The van der Waals surface area contributed by atoms with E-state index in [0.717, 1.165) is 23.5 Å². The second-order valence-corrected chi connectivity index (χ2v) is 6.56. The average Bonchev–Trinajstić information content (AvgIpc) is 2.35. The van der Waals surface area contributed by atoms with Crippen LogP contribution in [-0.4, -0.2) is 32.4 Å². The smallest absolute Gasteiger partial charge is 0.329 e. The van der Waals surface area contributed by atoms with E-state index in [1.165, 1.54) is 6.92 Å². The van der Waals surface area contributed by atoms with E-state index >= 15 is 0 Å². The Bertz CT molecular complexity index is 590. The zero-order valence-electron chi connectivity index (χ0n) is 10.8. The van der Waals surface area contributed by atoms with Gasteiger partial charge in [0.25, 0.3) is 0 Å². The molecule has 4 nitrogen and oxygen atoms in total. The van der Waals surface area contributed by atoms with Crippen LogP contribution in [0, 0.1) is 0 Å². The number of nitrogens with two attached hydrogens (primary N) is 1. The second-order valence-electron chi connectivity index (χ2n) is 4.22. The number of nitrogens with zero attached hydrogens (tertiary/aromatic N) is 1. The van der Waals surface area contributed by atoms with Gasteiger partial charge in [0.1, 0.15) is 4.90 Å². The molecule has 1 unspecified atom stereocenters. The summed E-state index contributed by atoms with van der Waals surface area (Å²) in [4.78, 5) is -0.947. The van der Waals surface area contributed by atoms with Crippen LogP contribution in [-0.2, 0) is 16.2 Å². The summed E-state index contributed by atoms with van der Waals surface area (Å²) in [5.74, 6) is 0. The van der Waals surface area contributed by atoms with Gasteiger partial charge in [-0.2, -0.15) is 17.5 Å². The lowest BCUT2D eigenvalue weighted by atomic mass is 10.2. The van der Waals surface area contributed by atoms with Crippen molar-refractivity contribution in [1.29, 1.82) is 0 Å². The first-order valence-corrected chi connectivity index (χ1v) is 7.39. The molecule has 0 bridgehead atoms. The minimum atomic E-state index is -4.82. The van der Waals surface area contributed by atoms with E-state index in [1.54, 1.807) is 0 Å². The Labute approximate surface area is 120 Å². The molecule has 0 amide bonds. The minimum absolute atomic E-state index is 0.0263. The standard InChI is InChI=1S/C11H14ClF3N2O2S/c1-7(6-16)17(2)20(18,19)10-8(11(13,14)15)4-3-5-9(10)12/h3-5,7H,6,16H2,1-2H3. The highest BCUT2D eigenvalue weighted by molar-refractivity contribution is 7.89. The molecule has 20 heavy (non-hydrogen) atoms. The number of alkyl halides is 3. The molecule has 0 radical (unpaired) electrons. The maximum atomic E-state index is 12.9. The summed E-state index contributed by atoms with van der Waals surface area (Å²) in [6.07, 6.45) is -4.82. The Morgan fingerprint density at radius 1 is 1.40 bits per heavy atom. The zero-order valence-corrected chi connectivity index (χ0v) is 12.4. The molecule has 2 N–H and O–H groups in total. The largest absolute Gasteiger partial charge is 0.417 e. The van der Waals surface area contributed by atoms with E-state index in [-0.39, 0.29) is 6.54 Å². The van der Waals surface area contributed by atoms with Gasteiger partial charge in [0.05, 0.1) is 10.6 Å². The Balaban J connectivity index is 3.54. The molecule has 0 aliphatic rings. The highest BCUT2D eigenvalue weighted by atomic mass is 35.5. The van der Waals surface area contributed by atoms with Crippen LogP contribution in [0.1, 0.15) is 12.5 Å². The summed E-state index contributed by atoms with van der Waals surface area (Å²) in [7, 11) is -3.23. The Kier molecular flexibility index (Phi) is 5.07. The van der Waals surface area contributed by atoms with Crippen LogP contribution >= 0.6 is 11.6 Å². The lowest BCUT2D eigenvalue weighted by molar-refractivity contribution is -0.139. The third-order valence-electron chi connectivity index (χ3n) is 2.87. The van der Waals surface area contributed by atoms with Gasteiger partial charge in [0.15, 0.2) is 0 Å². The first-order chi connectivity index (χ1) is 9.03. The van der Waals surface area contributed by atoms with Crippen LogP contribution in [0.3, 0.4) is 0 Å². The number of hydrogen-bond acceptors (Lipinski definition) is 3.